The number of hydrogen-bond donors (Lipinski definition) is 1. The number of carbonyl (C=O) groups is 2. The van der Waals surface area contributed by atoms with Gasteiger partial charge in [0.2, 0.25) is 11.8 Å². The van der Waals surface area contributed by atoms with E-state index in [1.54, 1.807) is 0 Å². The van der Waals surface area contributed by atoms with Crippen molar-refractivity contribution in [3.8, 4) is 0 Å². The first-order valence-corrected chi connectivity index (χ1v) is 7.83. The maximum atomic E-state index is 12.9. The predicted molar refractivity (Wildman–Crippen MR) is 86.4 cm³/mol. The van der Waals surface area contributed by atoms with Gasteiger partial charge in [-0.1, -0.05) is 26.0 Å². The minimum atomic E-state index is -4.54. The van der Waals surface area contributed by atoms with Crippen LogP contribution in [-0.2, 0) is 15.8 Å². The molecular weight excluding hydrogens is 321 g/mol. The molecule has 0 atom stereocenters. The lowest BCUT2D eigenvalue weighted by atomic mass is 10.1. The average molecular weight is 344 g/mol. The Kier molecular flexibility index (Phi) is 7.25. The fourth-order valence-corrected chi connectivity index (χ4v) is 2.13. The Morgan fingerprint density at radius 1 is 1.17 bits per heavy atom. The van der Waals surface area contributed by atoms with E-state index in [2.05, 4.69) is 5.32 Å². The number of anilines is 1. The fraction of sp³-hybridized carbons (Fsp3) is 0.529. The zero-order valence-corrected chi connectivity index (χ0v) is 14.1. The molecule has 134 valence electrons. The molecule has 0 aliphatic heterocycles. The average Bonchev–Trinajstić information content (AvgIpc) is 2.45. The van der Waals surface area contributed by atoms with Gasteiger partial charge in [0.15, 0.2) is 0 Å². The lowest BCUT2D eigenvalue weighted by Gasteiger charge is -2.22. The summed E-state index contributed by atoms with van der Waals surface area (Å²) in [6, 6.07) is 4.82. The van der Waals surface area contributed by atoms with Gasteiger partial charge in [-0.15, -0.1) is 0 Å². The summed E-state index contributed by atoms with van der Waals surface area (Å²) >= 11 is 0. The second-order valence-corrected chi connectivity index (χ2v) is 6.03. The number of alkyl halides is 3. The molecule has 1 rings (SSSR count). The fourth-order valence-electron chi connectivity index (χ4n) is 2.13. The third-order valence-electron chi connectivity index (χ3n) is 3.54. The molecule has 0 spiro atoms. The van der Waals surface area contributed by atoms with Crippen molar-refractivity contribution in [2.24, 2.45) is 5.92 Å². The summed E-state index contributed by atoms with van der Waals surface area (Å²) in [4.78, 5) is 25.0. The van der Waals surface area contributed by atoms with E-state index in [1.165, 1.54) is 30.0 Å². The van der Waals surface area contributed by atoms with Crippen LogP contribution in [-0.4, -0.2) is 29.8 Å². The van der Waals surface area contributed by atoms with Crippen LogP contribution < -0.4 is 5.32 Å². The monoisotopic (exact) mass is 344 g/mol. The third kappa shape index (κ3) is 6.60. The number of amides is 2. The van der Waals surface area contributed by atoms with E-state index in [0.717, 1.165) is 12.5 Å². The Labute approximate surface area is 140 Å². The normalized spacial score (nSPS) is 11.5. The number of rotatable bonds is 7. The number of nitrogens with one attached hydrogen (secondary N) is 1. The van der Waals surface area contributed by atoms with Crippen molar-refractivity contribution in [2.75, 3.05) is 18.4 Å². The van der Waals surface area contributed by atoms with Crippen molar-refractivity contribution >= 4 is 17.5 Å². The number of benzene rings is 1. The molecule has 24 heavy (non-hydrogen) atoms. The maximum Gasteiger partial charge on any atom is 0.418 e. The summed E-state index contributed by atoms with van der Waals surface area (Å²) in [6.45, 7) is 6.18. The molecule has 1 aromatic rings. The zero-order valence-electron chi connectivity index (χ0n) is 14.1. The Morgan fingerprint density at radius 2 is 1.79 bits per heavy atom. The first-order valence-electron chi connectivity index (χ1n) is 7.83. The smallest absolute Gasteiger partial charge is 0.342 e. The molecular formula is C17H23F3N2O2. The van der Waals surface area contributed by atoms with Crippen molar-refractivity contribution in [2.45, 2.75) is 39.8 Å². The van der Waals surface area contributed by atoms with Crippen LogP contribution >= 0.6 is 0 Å². The van der Waals surface area contributed by atoms with Crippen LogP contribution in [0.5, 0.6) is 0 Å². The molecule has 0 aromatic heterocycles. The van der Waals surface area contributed by atoms with Gasteiger partial charge >= 0.3 is 6.18 Å². The molecule has 1 N–H and O–H groups in total. The highest BCUT2D eigenvalue weighted by molar-refractivity contribution is 5.92. The molecule has 0 saturated carbocycles. The topological polar surface area (TPSA) is 49.4 Å². The quantitative estimate of drug-likeness (QED) is 0.815. The van der Waals surface area contributed by atoms with E-state index in [9.17, 15) is 22.8 Å². The Morgan fingerprint density at radius 3 is 2.33 bits per heavy atom. The van der Waals surface area contributed by atoms with Gasteiger partial charge in [0.05, 0.1) is 11.3 Å². The van der Waals surface area contributed by atoms with E-state index in [1.807, 2.05) is 13.8 Å². The molecule has 0 saturated heterocycles. The summed E-state index contributed by atoms with van der Waals surface area (Å²) in [5, 5.41) is 2.28. The summed E-state index contributed by atoms with van der Waals surface area (Å²) < 4.78 is 38.7. The van der Waals surface area contributed by atoms with Gasteiger partial charge in [0.25, 0.3) is 0 Å². The summed E-state index contributed by atoms with van der Waals surface area (Å²) in [5.74, 6) is -0.291. The van der Waals surface area contributed by atoms with Crippen molar-refractivity contribution < 1.29 is 22.8 Å². The number of para-hydroxylation sites is 1. The van der Waals surface area contributed by atoms with Gasteiger partial charge in [0, 0.05) is 26.4 Å². The van der Waals surface area contributed by atoms with Gasteiger partial charge in [0.1, 0.15) is 0 Å². The molecule has 0 heterocycles. The van der Waals surface area contributed by atoms with E-state index in [-0.39, 0.29) is 24.6 Å². The first-order chi connectivity index (χ1) is 11.1. The van der Waals surface area contributed by atoms with Gasteiger partial charge in [-0.3, -0.25) is 9.59 Å². The summed E-state index contributed by atoms with van der Waals surface area (Å²) in [6.07, 6.45) is -3.78. The molecule has 1 aromatic carbocycles. The molecule has 7 heteroatoms. The third-order valence-corrected chi connectivity index (χ3v) is 3.54. The molecule has 2 amide bonds. The van der Waals surface area contributed by atoms with E-state index < -0.39 is 17.6 Å². The van der Waals surface area contributed by atoms with Crippen molar-refractivity contribution in [1.29, 1.82) is 0 Å². The molecule has 0 fully saturated rings. The van der Waals surface area contributed by atoms with Gasteiger partial charge in [-0.25, -0.2) is 0 Å². The first kappa shape index (κ1) is 20.0. The highest BCUT2D eigenvalue weighted by Gasteiger charge is 2.33. The maximum absolute atomic E-state index is 12.9. The summed E-state index contributed by atoms with van der Waals surface area (Å²) in [5.41, 5.74) is -1.16. The van der Waals surface area contributed by atoms with Crippen LogP contribution in [0.15, 0.2) is 24.3 Å². The van der Waals surface area contributed by atoms with Gasteiger partial charge in [-0.2, -0.15) is 13.2 Å². The van der Waals surface area contributed by atoms with Gasteiger partial charge < -0.3 is 10.2 Å². The van der Waals surface area contributed by atoms with Crippen LogP contribution in [0.25, 0.3) is 0 Å². The van der Waals surface area contributed by atoms with Crippen molar-refractivity contribution in [3.05, 3.63) is 29.8 Å². The number of carbonyl (C=O) groups excluding carboxylic acids is 2. The molecule has 0 aliphatic carbocycles. The molecule has 0 radical (unpaired) electrons. The second-order valence-electron chi connectivity index (χ2n) is 6.03. The second kappa shape index (κ2) is 8.70. The molecule has 0 unspecified atom stereocenters. The van der Waals surface area contributed by atoms with Crippen LogP contribution in [0.3, 0.4) is 0 Å². The SMILES string of the molecule is CC(=O)N(CCC(=O)Nc1ccccc1C(F)(F)F)CCC(C)C. The van der Waals surface area contributed by atoms with E-state index >= 15 is 0 Å². The van der Waals surface area contributed by atoms with Crippen molar-refractivity contribution in [3.63, 3.8) is 0 Å². The standard InChI is InChI=1S/C17H23F3N2O2/c1-12(2)8-10-22(13(3)23)11-9-16(24)21-15-7-5-4-6-14(15)17(18,19)20/h4-7,12H,8-11H2,1-3H3,(H,21,24). The molecule has 4 nitrogen and oxygen atoms in total. The van der Waals surface area contributed by atoms with E-state index in [0.29, 0.717) is 12.5 Å². The Bertz CT molecular complexity index is 571. The Hall–Kier alpha value is -2.05. The van der Waals surface area contributed by atoms with Gasteiger partial charge in [-0.05, 0) is 24.5 Å². The van der Waals surface area contributed by atoms with Crippen molar-refractivity contribution in [1.82, 2.24) is 4.90 Å². The largest absolute Gasteiger partial charge is 0.418 e. The lowest BCUT2D eigenvalue weighted by Crippen LogP contribution is -2.33. The molecule has 0 bridgehead atoms. The minimum Gasteiger partial charge on any atom is -0.342 e. The minimum absolute atomic E-state index is 0.0517. The molecule has 0 aliphatic rings. The number of hydrogen-bond acceptors (Lipinski definition) is 2. The van der Waals surface area contributed by atoms with Crippen LogP contribution in [0.4, 0.5) is 18.9 Å². The zero-order chi connectivity index (χ0) is 18.3. The number of halogens is 3. The predicted octanol–water partition coefficient (Wildman–Crippen LogP) is 3.93. The summed E-state index contributed by atoms with van der Waals surface area (Å²) in [7, 11) is 0. The van der Waals surface area contributed by atoms with Crippen LogP contribution in [0, 0.1) is 5.92 Å². The Balaban J connectivity index is 2.65. The highest BCUT2D eigenvalue weighted by Crippen LogP contribution is 2.34. The van der Waals surface area contributed by atoms with Crippen LogP contribution in [0.1, 0.15) is 39.2 Å². The lowest BCUT2D eigenvalue weighted by molar-refractivity contribution is -0.137. The van der Waals surface area contributed by atoms with Crippen LogP contribution in [0.2, 0.25) is 0 Å². The van der Waals surface area contributed by atoms with E-state index in [4.69, 9.17) is 0 Å². The number of nitrogens with zero attached hydrogens (tertiary/aromatic N) is 1. The highest BCUT2D eigenvalue weighted by atomic mass is 19.4.